The van der Waals surface area contributed by atoms with Crippen LogP contribution < -0.4 is 10.6 Å². The average molecular weight is 382 g/mol. The molecule has 0 saturated heterocycles. The Morgan fingerprint density at radius 2 is 1.50 bits per heavy atom. The van der Waals surface area contributed by atoms with E-state index < -0.39 is 17.5 Å². The highest BCUT2D eigenvalue weighted by atomic mass is 19.1. The second-order valence-corrected chi connectivity index (χ2v) is 6.67. The third-order valence-corrected chi connectivity index (χ3v) is 4.20. The summed E-state index contributed by atoms with van der Waals surface area (Å²) in [6.07, 6.45) is 0. The van der Waals surface area contributed by atoms with Gasteiger partial charge in [-0.3, -0.25) is 4.79 Å². The number of anilines is 3. The first-order valence-corrected chi connectivity index (χ1v) is 8.70. The van der Waals surface area contributed by atoms with Crippen molar-refractivity contribution >= 4 is 23.2 Å². The summed E-state index contributed by atoms with van der Waals surface area (Å²) < 4.78 is 27.7. The highest BCUT2D eigenvalue weighted by molar-refractivity contribution is 6.04. The molecule has 0 aliphatic heterocycles. The Kier molecular flexibility index (Phi) is 5.35. The predicted octanol–water partition coefficient (Wildman–Crippen LogP) is 4.98. The molecule has 2 N–H and O–H groups in total. The fraction of sp³-hybridized carbons (Fsp3) is 0.190. The molecule has 28 heavy (non-hydrogen) atoms. The molecule has 0 aliphatic carbocycles. The number of nitrogens with one attached hydrogen (secondary N) is 2. The van der Waals surface area contributed by atoms with Gasteiger partial charge in [0.2, 0.25) is 5.95 Å². The Bertz CT molecular complexity index is 1020. The summed E-state index contributed by atoms with van der Waals surface area (Å²) in [6, 6.07) is 8.97. The van der Waals surface area contributed by atoms with Crippen LogP contribution in [0.25, 0.3) is 0 Å². The lowest BCUT2D eigenvalue weighted by molar-refractivity contribution is 0.102. The van der Waals surface area contributed by atoms with E-state index in [9.17, 15) is 13.6 Å². The van der Waals surface area contributed by atoms with Crippen molar-refractivity contribution in [2.24, 2.45) is 0 Å². The molecular weight excluding hydrogens is 362 g/mol. The minimum absolute atomic E-state index is 0.0634. The van der Waals surface area contributed by atoms with Gasteiger partial charge in [-0.05, 0) is 57.0 Å². The van der Waals surface area contributed by atoms with Crippen LogP contribution in [-0.2, 0) is 0 Å². The van der Waals surface area contributed by atoms with E-state index in [-0.39, 0.29) is 17.3 Å². The molecule has 1 heterocycles. The number of benzene rings is 2. The average Bonchev–Trinajstić information content (AvgIpc) is 2.60. The fourth-order valence-corrected chi connectivity index (χ4v) is 3.02. The van der Waals surface area contributed by atoms with Crippen LogP contribution in [0.15, 0.2) is 36.4 Å². The van der Waals surface area contributed by atoms with E-state index in [2.05, 4.69) is 20.6 Å². The number of hydrogen-bond donors (Lipinski definition) is 2. The van der Waals surface area contributed by atoms with E-state index in [1.54, 1.807) is 6.92 Å². The maximum Gasteiger partial charge on any atom is 0.274 e. The number of carbonyl (C=O) groups excluding carboxylic acids is 1. The van der Waals surface area contributed by atoms with E-state index in [1.165, 1.54) is 12.1 Å². The second kappa shape index (κ2) is 7.72. The number of aromatic nitrogens is 2. The van der Waals surface area contributed by atoms with Crippen molar-refractivity contribution in [2.75, 3.05) is 10.6 Å². The van der Waals surface area contributed by atoms with Crippen molar-refractivity contribution in [3.8, 4) is 0 Å². The number of halogens is 2. The van der Waals surface area contributed by atoms with Crippen molar-refractivity contribution in [1.29, 1.82) is 0 Å². The van der Waals surface area contributed by atoms with E-state index in [1.807, 2.05) is 32.9 Å². The smallest absolute Gasteiger partial charge is 0.274 e. The number of nitrogens with zero attached hydrogens (tertiary/aromatic N) is 2. The quantitative estimate of drug-likeness (QED) is 0.668. The number of rotatable bonds is 4. The Labute approximate surface area is 161 Å². The molecule has 3 aromatic rings. The highest BCUT2D eigenvalue weighted by Gasteiger charge is 2.16. The van der Waals surface area contributed by atoms with Crippen LogP contribution in [0, 0.1) is 39.3 Å². The summed E-state index contributed by atoms with van der Waals surface area (Å²) in [5, 5.41) is 5.38. The van der Waals surface area contributed by atoms with E-state index >= 15 is 0 Å². The van der Waals surface area contributed by atoms with Gasteiger partial charge in [0.05, 0.1) is 0 Å². The molecule has 0 fully saturated rings. The summed E-state index contributed by atoms with van der Waals surface area (Å²) >= 11 is 0. The summed E-state index contributed by atoms with van der Waals surface area (Å²) in [5.74, 6) is -2.05. The summed E-state index contributed by atoms with van der Waals surface area (Å²) in [6.45, 7) is 7.48. The zero-order chi connectivity index (χ0) is 20.4. The van der Waals surface area contributed by atoms with Crippen molar-refractivity contribution in [1.82, 2.24) is 9.97 Å². The lowest BCUT2D eigenvalue weighted by atomic mass is 10.0. The third-order valence-electron chi connectivity index (χ3n) is 4.20. The molecular formula is C21H20F2N4O. The predicted molar refractivity (Wildman–Crippen MR) is 105 cm³/mol. The third kappa shape index (κ3) is 4.14. The minimum Gasteiger partial charge on any atom is -0.320 e. The first kappa shape index (κ1) is 19.4. The molecule has 5 nitrogen and oxygen atoms in total. The number of para-hydroxylation sites is 1. The van der Waals surface area contributed by atoms with Crippen LogP contribution >= 0.6 is 0 Å². The van der Waals surface area contributed by atoms with Gasteiger partial charge >= 0.3 is 0 Å². The lowest BCUT2D eigenvalue weighted by Crippen LogP contribution is -2.17. The van der Waals surface area contributed by atoms with Crippen LogP contribution in [0.4, 0.5) is 26.1 Å². The summed E-state index contributed by atoms with van der Waals surface area (Å²) in [5.41, 5.74) is 3.88. The monoisotopic (exact) mass is 382 g/mol. The molecule has 1 amide bonds. The SMILES string of the molecule is Cc1cc(C)c(NC(=O)c2cc(C)nc(Nc3c(F)cccc3F)n2)c(C)c1. The Balaban J connectivity index is 1.90. The normalized spacial score (nSPS) is 10.6. The number of carbonyl (C=O) groups is 1. The van der Waals surface area contributed by atoms with Crippen molar-refractivity contribution in [2.45, 2.75) is 27.7 Å². The molecule has 0 spiro atoms. The zero-order valence-corrected chi connectivity index (χ0v) is 16.0. The zero-order valence-electron chi connectivity index (χ0n) is 16.0. The summed E-state index contributed by atoms with van der Waals surface area (Å²) in [7, 11) is 0. The molecule has 2 aromatic carbocycles. The van der Waals surface area contributed by atoms with E-state index in [4.69, 9.17) is 0 Å². The molecule has 0 atom stereocenters. The van der Waals surface area contributed by atoms with Crippen LogP contribution in [0.1, 0.15) is 32.9 Å². The minimum atomic E-state index is -0.776. The van der Waals surface area contributed by atoms with Gasteiger partial charge in [0.25, 0.3) is 5.91 Å². The van der Waals surface area contributed by atoms with Crippen molar-refractivity contribution in [3.05, 3.63) is 76.1 Å². The molecule has 0 radical (unpaired) electrons. The molecule has 0 bridgehead atoms. The molecule has 3 rings (SSSR count). The summed E-state index contributed by atoms with van der Waals surface area (Å²) in [4.78, 5) is 20.9. The lowest BCUT2D eigenvalue weighted by Gasteiger charge is -2.13. The molecule has 1 aromatic heterocycles. The van der Waals surface area contributed by atoms with Gasteiger partial charge in [-0.1, -0.05) is 23.8 Å². The molecule has 0 aliphatic rings. The fourth-order valence-electron chi connectivity index (χ4n) is 3.02. The maximum atomic E-state index is 13.9. The Morgan fingerprint density at radius 1 is 0.893 bits per heavy atom. The van der Waals surface area contributed by atoms with Crippen molar-refractivity contribution in [3.63, 3.8) is 0 Å². The van der Waals surface area contributed by atoms with Crippen LogP contribution in [0.3, 0.4) is 0 Å². The molecule has 0 unspecified atom stereocenters. The maximum absolute atomic E-state index is 13.9. The first-order chi connectivity index (χ1) is 13.2. The first-order valence-electron chi connectivity index (χ1n) is 8.70. The molecule has 0 saturated carbocycles. The van der Waals surface area contributed by atoms with E-state index in [0.29, 0.717) is 11.4 Å². The van der Waals surface area contributed by atoms with Gasteiger partial charge in [-0.2, -0.15) is 0 Å². The standard InChI is InChI=1S/C21H20F2N4O/c1-11-8-12(2)18(13(3)9-11)26-20(28)17-10-14(4)24-21(25-17)27-19-15(22)6-5-7-16(19)23/h5-10H,1-4H3,(H,26,28)(H,24,25,27). The number of aryl methyl sites for hydroxylation is 4. The van der Waals surface area contributed by atoms with Gasteiger partial charge in [0.15, 0.2) is 0 Å². The number of amides is 1. The van der Waals surface area contributed by atoms with Gasteiger partial charge in [-0.25, -0.2) is 18.7 Å². The van der Waals surface area contributed by atoms with Gasteiger partial charge in [-0.15, -0.1) is 0 Å². The molecule has 7 heteroatoms. The Morgan fingerprint density at radius 3 is 2.11 bits per heavy atom. The van der Waals surface area contributed by atoms with Crippen LogP contribution in [0.5, 0.6) is 0 Å². The van der Waals surface area contributed by atoms with Gasteiger partial charge in [0, 0.05) is 11.4 Å². The topological polar surface area (TPSA) is 66.9 Å². The highest BCUT2D eigenvalue weighted by Crippen LogP contribution is 2.24. The second-order valence-electron chi connectivity index (χ2n) is 6.67. The van der Waals surface area contributed by atoms with Gasteiger partial charge in [0.1, 0.15) is 23.0 Å². The largest absolute Gasteiger partial charge is 0.320 e. The molecule has 144 valence electrons. The Hall–Kier alpha value is -3.35. The van der Waals surface area contributed by atoms with Gasteiger partial charge < -0.3 is 10.6 Å². The van der Waals surface area contributed by atoms with E-state index in [0.717, 1.165) is 28.8 Å². The number of hydrogen-bond acceptors (Lipinski definition) is 4. The van der Waals surface area contributed by atoms with Crippen LogP contribution in [0.2, 0.25) is 0 Å². The van der Waals surface area contributed by atoms with Crippen molar-refractivity contribution < 1.29 is 13.6 Å². The van der Waals surface area contributed by atoms with Crippen LogP contribution in [-0.4, -0.2) is 15.9 Å².